The number of halogens is 2. The van der Waals surface area contributed by atoms with Crippen molar-refractivity contribution in [2.45, 2.75) is 19.4 Å². The van der Waals surface area contributed by atoms with Gasteiger partial charge in [-0.05, 0) is 26.0 Å². The molecule has 18 heavy (non-hydrogen) atoms. The fraction of sp³-hybridized carbons (Fsp3) is 0.417. The Hall–Kier alpha value is -0.970. The van der Waals surface area contributed by atoms with E-state index in [1.165, 1.54) is 19.2 Å². The maximum absolute atomic E-state index is 12.1. The maximum Gasteiger partial charge on any atom is 0.257 e. The molecule has 1 aromatic rings. The van der Waals surface area contributed by atoms with Gasteiger partial charge in [0.15, 0.2) is 0 Å². The second kappa shape index (κ2) is 5.78. The summed E-state index contributed by atoms with van der Waals surface area (Å²) in [5.41, 5.74) is -0.546. The fourth-order valence-corrected chi connectivity index (χ4v) is 1.90. The fourth-order valence-electron chi connectivity index (χ4n) is 1.34. The third-order valence-electron chi connectivity index (χ3n) is 2.31. The molecule has 1 aromatic carbocycles. The van der Waals surface area contributed by atoms with Gasteiger partial charge in [0.2, 0.25) is 0 Å². The van der Waals surface area contributed by atoms with Crippen LogP contribution in [-0.4, -0.2) is 30.3 Å². The molecule has 0 unspecified atom stereocenters. The number of aliphatic hydroxyl groups is 1. The Morgan fingerprint density at radius 1 is 1.44 bits per heavy atom. The minimum atomic E-state index is -0.745. The van der Waals surface area contributed by atoms with E-state index in [4.69, 9.17) is 33.0 Å². The summed E-state index contributed by atoms with van der Waals surface area (Å²) in [6.07, 6.45) is 0. The zero-order valence-electron chi connectivity index (χ0n) is 10.4. The van der Waals surface area contributed by atoms with Gasteiger partial charge in [-0.15, -0.1) is 0 Å². The number of carbonyl (C=O) groups excluding carboxylic acids is 1. The second-order valence-electron chi connectivity index (χ2n) is 4.46. The van der Waals surface area contributed by atoms with Gasteiger partial charge in [0, 0.05) is 5.02 Å². The van der Waals surface area contributed by atoms with Gasteiger partial charge in [0.1, 0.15) is 11.3 Å². The number of carbonyl (C=O) groups is 1. The lowest BCUT2D eigenvalue weighted by Crippen LogP contribution is -2.46. The van der Waals surface area contributed by atoms with Gasteiger partial charge in [0.25, 0.3) is 5.91 Å². The third-order valence-corrected chi connectivity index (χ3v) is 2.83. The SMILES string of the molecule is COc1cc(Cl)cc(Cl)c1C(=O)NC(C)(C)CO. The monoisotopic (exact) mass is 291 g/mol. The number of aliphatic hydroxyl groups excluding tert-OH is 1. The molecule has 6 heteroatoms. The van der Waals surface area contributed by atoms with Crippen LogP contribution in [0, 0.1) is 0 Å². The number of methoxy groups -OCH3 is 1. The Bertz CT molecular complexity index is 461. The van der Waals surface area contributed by atoms with Crippen LogP contribution in [0.3, 0.4) is 0 Å². The highest BCUT2D eigenvalue weighted by molar-refractivity contribution is 6.37. The second-order valence-corrected chi connectivity index (χ2v) is 5.30. The number of ether oxygens (including phenoxy) is 1. The number of rotatable bonds is 4. The molecule has 4 nitrogen and oxygen atoms in total. The number of benzene rings is 1. The molecule has 0 aliphatic heterocycles. The van der Waals surface area contributed by atoms with E-state index in [2.05, 4.69) is 5.32 Å². The predicted molar refractivity (Wildman–Crippen MR) is 71.6 cm³/mol. The van der Waals surface area contributed by atoms with Gasteiger partial charge in [-0.2, -0.15) is 0 Å². The summed E-state index contributed by atoms with van der Waals surface area (Å²) in [5.74, 6) is -0.133. The molecule has 0 aliphatic rings. The van der Waals surface area contributed by atoms with E-state index in [0.717, 1.165) is 0 Å². The molecule has 0 atom stereocenters. The topological polar surface area (TPSA) is 58.6 Å². The summed E-state index contributed by atoms with van der Waals surface area (Å²) >= 11 is 11.8. The third kappa shape index (κ3) is 3.51. The van der Waals surface area contributed by atoms with Crippen molar-refractivity contribution < 1.29 is 14.6 Å². The van der Waals surface area contributed by atoms with Crippen LogP contribution in [0.5, 0.6) is 5.75 Å². The van der Waals surface area contributed by atoms with Gasteiger partial charge in [0.05, 0.1) is 24.3 Å². The van der Waals surface area contributed by atoms with Crippen LogP contribution in [0.15, 0.2) is 12.1 Å². The summed E-state index contributed by atoms with van der Waals surface area (Å²) in [5, 5.41) is 12.4. The molecule has 0 heterocycles. The van der Waals surface area contributed by atoms with Gasteiger partial charge in [-0.3, -0.25) is 4.79 Å². The van der Waals surface area contributed by atoms with Gasteiger partial charge >= 0.3 is 0 Å². The molecule has 100 valence electrons. The smallest absolute Gasteiger partial charge is 0.257 e. The first-order chi connectivity index (χ1) is 8.30. The molecule has 1 amide bonds. The van der Waals surface area contributed by atoms with Crippen LogP contribution in [0.25, 0.3) is 0 Å². The van der Waals surface area contributed by atoms with Crippen LogP contribution in [0.1, 0.15) is 24.2 Å². The van der Waals surface area contributed by atoms with Crippen molar-refractivity contribution in [1.29, 1.82) is 0 Å². The van der Waals surface area contributed by atoms with Crippen molar-refractivity contribution in [3.05, 3.63) is 27.7 Å². The standard InChI is InChI=1S/C12H15Cl2NO3/c1-12(2,6-16)15-11(17)10-8(14)4-7(13)5-9(10)18-3/h4-5,16H,6H2,1-3H3,(H,15,17). The first kappa shape index (κ1) is 15.1. The first-order valence-corrected chi connectivity index (χ1v) is 6.02. The van der Waals surface area contributed by atoms with Crippen molar-refractivity contribution >= 4 is 29.1 Å². The number of amides is 1. The van der Waals surface area contributed by atoms with E-state index in [9.17, 15) is 4.79 Å². The number of nitrogens with one attached hydrogen (secondary N) is 1. The van der Waals surface area contributed by atoms with Crippen LogP contribution in [0.2, 0.25) is 10.0 Å². The van der Waals surface area contributed by atoms with E-state index < -0.39 is 11.4 Å². The zero-order chi connectivity index (χ0) is 13.9. The Kier molecular flexibility index (Phi) is 4.85. The highest BCUT2D eigenvalue weighted by atomic mass is 35.5. The summed E-state index contributed by atoms with van der Waals surface area (Å²) in [6, 6.07) is 2.97. The maximum atomic E-state index is 12.1. The molecule has 0 fully saturated rings. The van der Waals surface area contributed by atoms with Crippen molar-refractivity contribution in [2.24, 2.45) is 0 Å². The minimum absolute atomic E-state index is 0.188. The Labute approximate surface area is 116 Å². The summed E-state index contributed by atoms with van der Waals surface area (Å²) < 4.78 is 5.08. The molecule has 0 aromatic heterocycles. The average Bonchev–Trinajstić information content (AvgIpc) is 2.26. The summed E-state index contributed by atoms with van der Waals surface area (Å²) in [7, 11) is 1.43. The van der Waals surface area contributed by atoms with E-state index in [0.29, 0.717) is 10.8 Å². The molecule has 0 spiro atoms. The number of hydrogen-bond acceptors (Lipinski definition) is 3. The van der Waals surface area contributed by atoms with Gasteiger partial charge < -0.3 is 15.2 Å². The van der Waals surface area contributed by atoms with Gasteiger partial charge in [-0.1, -0.05) is 23.2 Å². The molecule has 2 N–H and O–H groups in total. The number of hydrogen-bond donors (Lipinski definition) is 2. The van der Waals surface area contributed by atoms with E-state index >= 15 is 0 Å². The summed E-state index contributed by atoms with van der Waals surface area (Å²) in [4.78, 5) is 12.1. The zero-order valence-corrected chi connectivity index (χ0v) is 11.9. The molecular formula is C12H15Cl2NO3. The molecule has 0 radical (unpaired) electrons. The van der Waals surface area contributed by atoms with E-state index in [-0.39, 0.29) is 17.2 Å². The lowest BCUT2D eigenvalue weighted by Gasteiger charge is -2.24. The highest BCUT2D eigenvalue weighted by Gasteiger charge is 2.24. The Morgan fingerprint density at radius 2 is 2.06 bits per heavy atom. The van der Waals surface area contributed by atoms with Crippen LogP contribution in [0.4, 0.5) is 0 Å². The van der Waals surface area contributed by atoms with Crippen molar-refractivity contribution in [1.82, 2.24) is 5.32 Å². The average molecular weight is 292 g/mol. The predicted octanol–water partition coefficient (Wildman–Crippen LogP) is 2.50. The van der Waals surface area contributed by atoms with E-state index in [1.54, 1.807) is 13.8 Å². The Morgan fingerprint density at radius 3 is 2.56 bits per heavy atom. The van der Waals surface area contributed by atoms with Crippen molar-refractivity contribution in [3.63, 3.8) is 0 Å². The largest absolute Gasteiger partial charge is 0.496 e. The van der Waals surface area contributed by atoms with Crippen LogP contribution in [-0.2, 0) is 0 Å². The molecule has 0 saturated heterocycles. The summed E-state index contributed by atoms with van der Waals surface area (Å²) in [6.45, 7) is 3.20. The minimum Gasteiger partial charge on any atom is -0.496 e. The van der Waals surface area contributed by atoms with Gasteiger partial charge in [-0.25, -0.2) is 0 Å². The molecule has 0 bridgehead atoms. The normalized spacial score (nSPS) is 11.2. The molecule has 0 aliphatic carbocycles. The Balaban J connectivity index is 3.13. The molecule has 0 saturated carbocycles. The first-order valence-electron chi connectivity index (χ1n) is 5.27. The molecular weight excluding hydrogens is 277 g/mol. The lowest BCUT2D eigenvalue weighted by atomic mass is 10.1. The van der Waals surface area contributed by atoms with E-state index in [1.807, 2.05) is 0 Å². The van der Waals surface area contributed by atoms with Crippen LogP contribution >= 0.6 is 23.2 Å². The van der Waals surface area contributed by atoms with Crippen molar-refractivity contribution in [2.75, 3.05) is 13.7 Å². The highest BCUT2D eigenvalue weighted by Crippen LogP contribution is 2.31. The lowest BCUT2D eigenvalue weighted by molar-refractivity contribution is 0.0866. The quantitative estimate of drug-likeness (QED) is 0.896. The van der Waals surface area contributed by atoms with Crippen molar-refractivity contribution in [3.8, 4) is 5.75 Å². The molecule has 1 rings (SSSR count). The van der Waals surface area contributed by atoms with Crippen LogP contribution < -0.4 is 10.1 Å².